The van der Waals surface area contributed by atoms with Gasteiger partial charge in [-0.3, -0.25) is 4.79 Å². The summed E-state index contributed by atoms with van der Waals surface area (Å²) < 4.78 is 33.9. The van der Waals surface area contributed by atoms with Crippen LogP contribution in [0.15, 0.2) is 88.4 Å². The van der Waals surface area contributed by atoms with Crippen molar-refractivity contribution in [2.24, 2.45) is 0 Å². The Morgan fingerprint density at radius 2 is 1.67 bits per heavy atom. The molecule has 4 aromatic rings. The lowest BCUT2D eigenvalue weighted by molar-refractivity contribution is 0.101. The van der Waals surface area contributed by atoms with Crippen molar-refractivity contribution in [1.82, 2.24) is 14.1 Å². The second-order valence-corrected chi connectivity index (χ2v) is 9.67. The number of nitrogens with one attached hydrogen (secondary N) is 1. The van der Waals surface area contributed by atoms with Gasteiger partial charge in [-0.25, -0.2) is 13.1 Å². The number of sulfonamides is 1. The Hall–Kier alpha value is -3.69. The van der Waals surface area contributed by atoms with E-state index in [-0.39, 0.29) is 10.8 Å². The van der Waals surface area contributed by atoms with Crippen LogP contribution in [0.1, 0.15) is 23.3 Å². The van der Waals surface area contributed by atoms with Gasteiger partial charge in [-0.1, -0.05) is 18.2 Å². The van der Waals surface area contributed by atoms with Crippen molar-refractivity contribution in [3.8, 4) is 17.1 Å². The zero-order valence-electron chi connectivity index (χ0n) is 17.7. The average Bonchev–Trinajstić information content (AvgIpc) is 3.61. The molecule has 5 rings (SSSR count). The van der Waals surface area contributed by atoms with E-state index in [1.54, 1.807) is 41.3 Å². The average molecular weight is 463 g/mol. The lowest BCUT2D eigenvalue weighted by Gasteiger charge is -2.15. The van der Waals surface area contributed by atoms with Gasteiger partial charge in [0.2, 0.25) is 10.0 Å². The Kier molecular flexibility index (Phi) is 5.57. The van der Waals surface area contributed by atoms with Crippen LogP contribution in [0.2, 0.25) is 0 Å². The number of anilines is 1. The molecule has 0 radical (unpaired) electrons. The van der Waals surface area contributed by atoms with E-state index in [0.717, 1.165) is 18.5 Å². The number of furan rings is 1. The number of carbonyl (C=O) groups excluding carboxylic acids is 1. The Morgan fingerprint density at radius 3 is 2.33 bits per heavy atom. The van der Waals surface area contributed by atoms with E-state index in [9.17, 15) is 13.2 Å². The van der Waals surface area contributed by atoms with E-state index >= 15 is 0 Å². The molecule has 9 heteroatoms. The number of aromatic nitrogens is 2. The van der Waals surface area contributed by atoms with Crippen LogP contribution in [0, 0.1) is 0 Å². The predicted octanol–water partition coefficient (Wildman–Crippen LogP) is 4.17. The zero-order chi connectivity index (χ0) is 22.8. The lowest BCUT2D eigenvalue weighted by atomic mass is 10.2. The van der Waals surface area contributed by atoms with Gasteiger partial charge in [-0.2, -0.15) is 9.40 Å². The van der Waals surface area contributed by atoms with E-state index in [4.69, 9.17) is 4.42 Å². The van der Waals surface area contributed by atoms with Crippen molar-refractivity contribution in [2.45, 2.75) is 17.7 Å². The van der Waals surface area contributed by atoms with Gasteiger partial charge in [0.25, 0.3) is 5.91 Å². The monoisotopic (exact) mass is 462 g/mol. The molecule has 33 heavy (non-hydrogen) atoms. The predicted molar refractivity (Wildman–Crippen MR) is 124 cm³/mol. The van der Waals surface area contributed by atoms with Crippen LogP contribution in [0.3, 0.4) is 0 Å². The molecular formula is C24H22N4O4S. The maximum absolute atomic E-state index is 13.2. The summed E-state index contributed by atoms with van der Waals surface area (Å²) >= 11 is 0. The Morgan fingerprint density at radius 1 is 0.939 bits per heavy atom. The van der Waals surface area contributed by atoms with Crippen LogP contribution in [0.4, 0.5) is 5.69 Å². The van der Waals surface area contributed by atoms with Crippen LogP contribution >= 0.6 is 0 Å². The molecule has 1 aliphatic rings. The van der Waals surface area contributed by atoms with Gasteiger partial charge in [-0.15, -0.1) is 0 Å². The highest BCUT2D eigenvalue weighted by Crippen LogP contribution is 2.25. The quantitative estimate of drug-likeness (QED) is 0.464. The van der Waals surface area contributed by atoms with Crippen LogP contribution in [0.5, 0.6) is 0 Å². The first-order chi connectivity index (χ1) is 16.0. The molecule has 8 nitrogen and oxygen atoms in total. The highest BCUT2D eigenvalue weighted by molar-refractivity contribution is 7.89. The van der Waals surface area contributed by atoms with Gasteiger partial charge in [0.05, 0.1) is 16.8 Å². The van der Waals surface area contributed by atoms with Gasteiger partial charge in [0.15, 0.2) is 5.76 Å². The molecule has 0 saturated carbocycles. The Balaban J connectivity index is 1.42. The third kappa shape index (κ3) is 4.20. The normalized spacial score (nSPS) is 14.4. The number of carbonyl (C=O) groups is 1. The summed E-state index contributed by atoms with van der Waals surface area (Å²) in [5.74, 6) is 0.175. The molecule has 0 aliphatic carbocycles. The lowest BCUT2D eigenvalue weighted by Crippen LogP contribution is -2.27. The van der Waals surface area contributed by atoms with Gasteiger partial charge in [-0.05, 0) is 61.4 Å². The number of amides is 1. The number of hydrogen-bond acceptors (Lipinski definition) is 5. The molecule has 0 unspecified atom stereocenters. The first-order valence-electron chi connectivity index (χ1n) is 10.6. The molecule has 168 valence electrons. The summed E-state index contributed by atoms with van der Waals surface area (Å²) in [5.41, 5.74) is 2.07. The Bertz CT molecular complexity index is 1360. The topological polar surface area (TPSA) is 97.4 Å². The Labute approximate surface area is 191 Å². The number of benzene rings is 2. The number of para-hydroxylation sites is 1. The molecule has 0 atom stereocenters. The summed E-state index contributed by atoms with van der Waals surface area (Å²) in [4.78, 5) is 13.4. The molecule has 3 heterocycles. The molecule has 1 saturated heterocycles. The first-order valence-corrected chi connectivity index (χ1v) is 12.1. The number of rotatable bonds is 6. The molecule has 1 aliphatic heterocycles. The molecule has 0 bridgehead atoms. The highest BCUT2D eigenvalue weighted by atomic mass is 32.2. The third-order valence-electron chi connectivity index (χ3n) is 5.53. The molecule has 2 aromatic heterocycles. The van der Waals surface area contributed by atoms with Crippen molar-refractivity contribution in [1.29, 1.82) is 0 Å². The number of nitrogens with zero attached hydrogens (tertiary/aromatic N) is 3. The second-order valence-electron chi connectivity index (χ2n) is 7.73. The second kappa shape index (κ2) is 8.68. The van der Waals surface area contributed by atoms with E-state index in [2.05, 4.69) is 10.4 Å². The molecule has 2 aromatic carbocycles. The van der Waals surface area contributed by atoms with Crippen LogP contribution in [-0.2, 0) is 10.0 Å². The molecular weight excluding hydrogens is 440 g/mol. The third-order valence-corrected chi connectivity index (χ3v) is 7.44. The number of hydrogen-bond donors (Lipinski definition) is 1. The van der Waals surface area contributed by atoms with Gasteiger partial charge in [0.1, 0.15) is 11.4 Å². The summed E-state index contributed by atoms with van der Waals surface area (Å²) in [6.45, 7) is 1.09. The fourth-order valence-corrected chi connectivity index (χ4v) is 5.35. The van der Waals surface area contributed by atoms with Crippen molar-refractivity contribution >= 4 is 21.6 Å². The summed E-state index contributed by atoms with van der Waals surface area (Å²) in [6.07, 6.45) is 3.30. The van der Waals surface area contributed by atoms with Crippen LogP contribution < -0.4 is 5.32 Å². The molecule has 0 spiro atoms. The maximum Gasteiger partial charge on any atom is 0.274 e. The zero-order valence-corrected chi connectivity index (χ0v) is 18.5. The molecule has 1 amide bonds. The minimum atomic E-state index is -3.50. The smallest absolute Gasteiger partial charge is 0.274 e. The highest BCUT2D eigenvalue weighted by Gasteiger charge is 2.27. The van der Waals surface area contributed by atoms with E-state index in [1.165, 1.54) is 16.4 Å². The van der Waals surface area contributed by atoms with Crippen LogP contribution in [-0.4, -0.2) is 41.5 Å². The summed E-state index contributed by atoms with van der Waals surface area (Å²) in [6, 6.07) is 20.8. The van der Waals surface area contributed by atoms with Crippen molar-refractivity contribution in [2.75, 3.05) is 18.4 Å². The van der Waals surface area contributed by atoms with Gasteiger partial charge in [0, 0.05) is 24.8 Å². The van der Waals surface area contributed by atoms with E-state index in [0.29, 0.717) is 35.9 Å². The first kappa shape index (κ1) is 21.2. The van der Waals surface area contributed by atoms with Crippen molar-refractivity contribution < 1.29 is 17.6 Å². The van der Waals surface area contributed by atoms with E-state index < -0.39 is 10.0 Å². The fraction of sp³-hybridized carbons (Fsp3) is 0.167. The largest absolute Gasteiger partial charge is 0.463 e. The van der Waals surface area contributed by atoms with Crippen LogP contribution in [0.25, 0.3) is 17.1 Å². The molecule has 1 N–H and O–H groups in total. The molecule has 1 fully saturated rings. The van der Waals surface area contributed by atoms with Crippen molar-refractivity contribution in [3.63, 3.8) is 0 Å². The van der Waals surface area contributed by atoms with Crippen molar-refractivity contribution in [3.05, 3.63) is 84.8 Å². The minimum absolute atomic E-state index is 0.219. The maximum atomic E-state index is 13.2. The standard InChI is InChI=1S/C24H22N4O4S/c29-24(25-18-10-12-20(13-11-18)33(30,31)27-14-4-5-15-27)22-17-21(23-9-6-16-32-23)26-28(22)19-7-2-1-3-8-19/h1-3,6-13,16-17H,4-5,14-15H2,(H,25,29). The summed E-state index contributed by atoms with van der Waals surface area (Å²) in [7, 11) is -3.50. The minimum Gasteiger partial charge on any atom is -0.463 e. The summed E-state index contributed by atoms with van der Waals surface area (Å²) in [5, 5.41) is 7.39. The fourth-order valence-electron chi connectivity index (χ4n) is 3.84. The van der Waals surface area contributed by atoms with Gasteiger partial charge >= 0.3 is 0 Å². The van der Waals surface area contributed by atoms with E-state index in [1.807, 2.05) is 30.3 Å². The SMILES string of the molecule is O=C(Nc1ccc(S(=O)(=O)N2CCCC2)cc1)c1cc(-c2ccco2)nn1-c1ccccc1. The van der Waals surface area contributed by atoms with Gasteiger partial charge < -0.3 is 9.73 Å².